The molecule has 8 nitrogen and oxygen atoms in total. The molecule has 0 saturated heterocycles. The van der Waals surface area contributed by atoms with E-state index in [2.05, 4.69) is 5.32 Å². The first kappa shape index (κ1) is 26.9. The molecule has 1 N–H and O–H groups in total. The molecule has 12 heteroatoms. The van der Waals surface area contributed by atoms with E-state index in [1.165, 1.54) is 18.2 Å². The Bertz CT molecular complexity index is 1680. The Morgan fingerprint density at radius 3 is 2.45 bits per heavy atom. The number of rotatable bonds is 6. The summed E-state index contributed by atoms with van der Waals surface area (Å²) in [7, 11) is 0. The number of carbonyl (C=O) groups excluding carboxylic acids is 2. The second-order valence-electron chi connectivity index (χ2n) is 8.34. The highest BCUT2D eigenvalue weighted by Gasteiger charge is 2.31. The predicted octanol–water partition coefficient (Wildman–Crippen LogP) is 4.66. The molecule has 0 atom stereocenters. The second-order valence-corrected chi connectivity index (χ2v) is 9.54. The molecule has 4 aromatic rings. The third-order valence-corrected chi connectivity index (χ3v) is 7.11. The third kappa shape index (κ3) is 4.99. The van der Waals surface area contributed by atoms with Gasteiger partial charge in [0.1, 0.15) is 11.4 Å². The van der Waals surface area contributed by atoms with Crippen LogP contribution in [0.5, 0.6) is 0 Å². The van der Waals surface area contributed by atoms with Gasteiger partial charge in [-0.25, -0.2) is 14.2 Å². The fourth-order valence-corrected chi connectivity index (χ4v) is 5.10. The van der Waals surface area contributed by atoms with Gasteiger partial charge in [-0.05, 0) is 56.7 Å². The highest BCUT2D eigenvalue weighted by Crippen LogP contribution is 2.31. The van der Waals surface area contributed by atoms with Crippen molar-refractivity contribution in [3.8, 4) is 5.69 Å². The quantitative estimate of drug-likeness (QED) is 0.355. The van der Waals surface area contributed by atoms with Gasteiger partial charge in [0, 0.05) is 4.88 Å². The monoisotopic (exact) mass is 545 g/mol. The number of esters is 1. The summed E-state index contributed by atoms with van der Waals surface area (Å²) in [6, 6.07) is 10.0. The highest BCUT2D eigenvalue weighted by atomic mass is 32.1. The molecule has 2 aromatic carbocycles. The number of carbonyl (C=O) groups is 2. The summed E-state index contributed by atoms with van der Waals surface area (Å²) in [5.74, 6) is -1.34. The predicted molar refractivity (Wildman–Crippen MR) is 137 cm³/mol. The van der Waals surface area contributed by atoms with E-state index < -0.39 is 41.4 Å². The summed E-state index contributed by atoms with van der Waals surface area (Å²) in [6.07, 6.45) is -4.69. The van der Waals surface area contributed by atoms with Crippen LogP contribution in [-0.4, -0.2) is 27.6 Å². The smallest absolute Gasteiger partial charge is 0.416 e. The number of aromatic nitrogens is 2. The van der Waals surface area contributed by atoms with Crippen molar-refractivity contribution in [2.45, 2.75) is 33.5 Å². The minimum atomic E-state index is -4.69. The minimum Gasteiger partial charge on any atom is -0.462 e. The Morgan fingerprint density at radius 2 is 1.76 bits per heavy atom. The summed E-state index contributed by atoms with van der Waals surface area (Å²) in [5.41, 5.74) is -2.24. The van der Waals surface area contributed by atoms with Gasteiger partial charge in [-0.3, -0.25) is 14.2 Å². The van der Waals surface area contributed by atoms with E-state index in [-0.39, 0.29) is 33.8 Å². The Morgan fingerprint density at radius 1 is 1.05 bits per heavy atom. The Balaban J connectivity index is 1.84. The minimum absolute atomic E-state index is 0.108. The van der Waals surface area contributed by atoms with Crippen LogP contribution >= 0.6 is 11.3 Å². The first-order chi connectivity index (χ1) is 17.9. The fourth-order valence-electron chi connectivity index (χ4n) is 3.96. The summed E-state index contributed by atoms with van der Waals surface area (Å²) in [5, 5.41) is 2.71. The van der Waals surface area contributed by atoms with E-state index in [1.807, 2.05) is 0 Å². The topological polar surface area (TPSA) is 99.4 Å². The lowest BCUT2D eigenvalue weighted by Crippen LogP contribution is -2.40. The number of anilines is 1. The maximum Gasteiger partial charge on any atom is 0.416 e. The molecule has 0 aliphatic rings. The van der Waals surface area contributed by atoms with Crippen LogP contribution in [0.2, 0.25) is 0 Å². The van der Waals surface area contributed by atoms with Crippen LogP contribution in [0.15, 0.2) is 58.1 Å². The molecule has 198 valence electrons. The average molecular weight is 546 g/mol. The van der Waals surface area contributed by atoms with E-state index in [9.17, 15) is 32.3 Å². The van der Waals surface area contributed by atoms with Crippen LogP contribution in [-0.2, 0) is 22.3 Å². The van der Waals surface area contributed by atoms with Crippen molar-refractivity contribution < 1.29 is 27.5 Å². The van der Waals surface area contributed by atoms with Crippen molar-refractivity contribution in [2.75, 3.05) is 11.9 Å². The molecule has 2 aromatic heterocycles. The van der Waals surface area contributed by atoms with Crippen LogP contribution in [0.25, 0.3) is 15.9 Å². The molecule has 1 amide bonds. The van der Waals surface area contributed by atoms with Gasteiger partial charge in [0.05, 0.1) is 34.5 Å². The van der Waals surface area contributed by atoms with Crippen LogP contribution < -0.4 is 16.6 Å². The van der Waals surface area contributed by atoms with Crippen molar-refractivity contribution >= 4 is 39.1 Å². The number of benzene rings is 2. The van der Waals surface area contributed by atoms with E-state index in [0.29, 0.717) is 21.1 Å². The summed E-state index contributed by atoms with van der Waals surface area (Å²) < 4.78 is 46.7. The normalized spacial score (nSPS) is 11.5. The van der Waals surface area contributed by atoms with Gasteiger partial charge in [0.25, 0.3) is 5.56 Å². The highest BCUT2D eigenvalue weighted by molar-refractivity contribution is 7.18. The lowest BCUT2D eigenvalue weighted by atomic mass is 10.1. The second kappa shape index (κ2) is 10.3. The molecule has 0 spiro atoms. The number of halogens is 3. The fraction of sp³-hybridized carbons (Fsp3) is 0.231. The lowest BCUT2D eigenvalue weighted by Gasteiger charge is -2.15. The SMILES string of the molecule is CCOC(=O)c1ccccc1NC(=O)Cn1c(=O)n(-c2cccc(C(F)(F)F)c2)c(=O)c2c(C)c(C)sc21. The standard InChI is InChI=1S/C26H22F3N3O5S/c1-4-37-24(35)18-10-5-6-11-19(18)30-20(33)13-31-23-21(14(2)15(3)38-23)22(34)32(25(31)36)17-9-7-8-16(12-17)26(27,28)29/h5-12H,4,13H2,1-3H3,(H,30,33). The number of para-hydroxylation sites is 1. The van der Waals surface area contributed by atoms with Crippen LogP contribution in [0, 0.1) is 13.8 Å². The van der Waals surface area contributed by atoms with E-state index in [4.69, 9.17) is 4.74 Å². The number of fused-ring (bicyclic) bond motifs is 1. The molecule has 2 heterocycles. The number of aryl methyl sites for hydroxylation is 2. The Labute approximate surface area is 217 Å². The third-order valence-electron chi connectivity index (χ3n) is 5.88. The van der Waals surface area contributed by atoms with Gasteiger partial charge >= 0.3 is 17.8 Å². The molecular formula is C26H22F3N3O5S. The Kier molecular flexibility index (Phi) is 7.27. The van der Waals surface area contributed by atoms with E-state index in [1.54, 1.807) is 32.9 Å². The van der Waals surface area contributed by atoms with Crippen molar-refractivity contribution in [1.29, 1.82) is 0 Å². The molecule has 0 saturated carbocycles. The first-order valence-electron chi connectivity index (χ1n) is 11.4. The van der Waals surface area contributed by atoms with Gasteiger partial charge in [0.2, 0.25) is 5.91 Å². The lowest BCUT2D eigenvalue weighted by molar-refractivity contribution is -0.137. The van der Waals surface area contributed by atoms with Crippen LogP contribution in [0.3, 0.4) is 0 Å². The number of nitrogens with zero attached hydrogens (tertiary/aromatic N) is 2. The van der Waals surface area contributed by atoms with Crippen molar-refractivity contribution in [3.63, 3.8) is 0 Å². The molecule has 0 radical (unpaired) electrons. The molecule has 38 heavy (non-hydrogen) atoms. The number of nitrogens with one attached hydrogen (secondary N) is 1. The van der Waals surface area contributed by atoms with Gasteiger partial charge in [-0.1, -0.05) is 18.2 Å². The van der Waals surface area contributed by atoms with Crippen molar-refractivity contribution in [2.24, 2.45) is 0 Å². The number of hydrogen-bond acceptors (Lipinski definition) is 6. The molecule has 0 bridgehead atoms. The maximum atomic E-state index is 13.5. The van der Waals surface area contributed by atoms with Crippen LogP contribution in [0.4, 0.5) is 18.9 Å². The average Bonchev–Trinajstić information content (AvgIpc) is 3.16. The molecule has 0 aliphatic heterocycles. The summed E-state index contributed by atoms with van der Waals surface area (Å²) >= 11 is 1.12. The number of amides is 1. The zero-order valence-electron chi connectivity index (χ0n) is 20.5. The van der Waals surface area contributed by atoms with Gasteiger partial charge in [-0.2, -0.15) is 13.2 Å². The number of hydrogen-bond donors (Lipinski definition) is 1. The molecule has 0 fully saturated rings. The first-order valence-corrected chi connectivity index (χ1v) is 12.2. The zero-order valence-corrected chi connectivity index (χ0v) is 21.3. The van der Waals surface area contributed by atoms with Crippen molar-refractivity contribution in [3.05, 3.63) is 90.9 Å². The molecule has 0 unspecified atom stereocenters. The van der Waals surface area contributed by atoms with Gasteiger partial charge in [0.15, 0.2) is 0 Å². The number of alkyl halides is 3. The molecule has 4 rings (SSSR count). The largest absolute Gasteiger partial charge is 0.462 e. The van der Waals surface area contributed by atoms with Crippen molar-refractivity contribution in [1.82, 2.24) is 9.13 Å². The Hall–Kier alpha value is -4.19. The van der Waals surface area contributed by atoms with Gasteiger partial charge < -0.3 is 10.1 Å². The summed E-state index contributed by atoms with van der Waals surface area (Å²) in [4.78, 5) is 53.2. The summed E-state index contributed by atoms with van der Waals surface area (Å²) in [6.45, 7) is 4.60. The van der Waals surface area contributed by atoms with E-state index >= 15 is 0 Å². The zero-order chi connectivity index (χ0) is 27.8. The number of ether oxygens (including phenoxy) is 1. The van der Waals surface area contributed by atoms with Crippen LogP contribution in [0.1, 0.15) is 33.3 Å². The number of thiophene rings is 1. The molecular weight excluding hydrogens is 523 g/mol. The maximum absolute atomic E-state index is 13.5. The molecule has 0 aliphatic carbocycles. The van der Waals surface area contributed by atoms with Gasteiger partial charge in [-0.15, -0.1) is 11.3 Å². The van der Waals surface area contributed by atoms with E-state index in [0.717, 1.165) is 28.0 Å².